The molecule has 14 heteroatoms. The van der Waals surface area contributed by atoms with Crippen LogP contribution in [0.3, 0.4) is 0 Å². The Morgan fingerprint density at radius 2 is 1.06 bits per heavy atom. The van der Waals surface area contributed by atoms with Crippen molar-refractivity contribution >= 4 is 35.6 Å². The van der Waals surface area contributed by atoms with Gasteiger partial charge in [0.1, 0.15) is 12.3 Å². The SMILES string of the molecule is COc1cc2c(cc1OCCCCN1CCN(CCCCOc3cc4c(cc3OC)C(=O)N3CC(F)C[C@H]3C=N4)CC1)N=C[C@@H]1CC(F)CN1C2=O. The molecule has 2 unspecified atom stereocenters. The number of alkyl halides is 2. The first-order valence-electron chi connectivity index (χ1n) is 18.4. The number of unbranched alkanes of at least 4 members (excludes halogenated alkanes) is 2. The lowest BCUT2D eigenvalue weighted by Gasteiger charge is -2.34. The molecule has 0 saturated carbocycles. The molecule has 0 aliphatic carbocycles. The number of ether oxygens (including phenoxy) is 4. The Bertz CT molecular complexity index is 1560. The highest BCUT2D eigenvalue weighted by Gasteiger charge is 2.39. The van der Waals surface area contributed by atoms with Crippen molar-refractivity contribution in [2.45, 2.75) is 63.0 Å². The second-order valence-electron chi connectivity index (χ2n) is 14.1. The zero-order chi connectivity index (χ0) is 36.2. The van der Waals surface area contributed by atoms with Crippen molar-refractivity contribution in [3.8, 4) is 23.0 Å². The number of carbonyl (C=O) groups excluding carboxylic acids is 2. The largest absolute Gasteiger partial charge is 0.493 e. The number of piperazine rings is 1. The molecule has 52 heavy (non-hydrogen) atoms. The normalized spacial score (nSPS) is 24.2. The van der Waals surface area contributed by atoms with Crippen LogP contribution in [0, 0.1) is 0 Å². The summed E-state index contributed by atoms with van der Waals surface area (Å²) in [6, 6.07) is 6.17. The molecule has 2 aromatic rings. The third kappa shape index (κ3) is 7.87. The molecule has 4 atom stereocenters. The van der Waals surface area contributed by atoms with Crippen molar-refractivity contribution in [3.63, 3.8) is 0 Å². The lowest BCUT2D eigenvalue weighted by Crippen LogP contribution is -2.46. The van der Waals surface area contributed by atoms with Crippen LogP contribution in [0.1, 0.15) is 59.2 Å². The van der Waals surface area contributed by atoms with E-state index >= 15 is 0 Å². The zero-order valence-electron chi connectivity index (χ0n) is 30.0. The van der Waals surface area contributed by atoms with Crippen LogP contribution in [-0.2, 0) is 0 Å². The van der Waals surface area contributed by atoms with Crippen LogP contribution in [0.5, 0.6) is 23.0 Å². The summed E-state index contributed by atoms with van der Waals surface area (Å²) in [5.74, 6) is 1.59. The molecule has 0 radical (unpaired) electrons. The highest BCUT2D eigenvalue weighted by atomic mass is 19.1. The molecule has 0 N–H and O–H groups in total. The van der Waals surface area contributed by atoms with Gasteiger partial charge in [-0.25, -0.2) is 8.78 Å². The minimum Gasteiger partial charge on any atom is -0.493 e. The van der Waals surface area contributed by atoms with Crippen molar-refractivity contribution in [1.82, 2.24) is 19.6 Å². The summed E-state index contributed by atoms with van der Waals surface area (Å²) in [5, 5.41) is 0. The quantitative estimate of drug-likeness (QED) is 0.254. The number of amides is 2. The summed E-state index contributed by atoms with van der Waals surface area (Å²) < 4.78 is 51.1. The minimum absolute atomic E-state index is 0.0854. The van der Waals surface area contributed by atoms with Gasteiger partial charge >= 0.3 is 0 Å². The van der Waals surface area contributed by atoms with Gasteiger partial charge in [-0.3, -0.25) is 19.6 Å². The molecule has 2 amide bonds. The molecule has 7 rings (SSSR count). The smallest absolute Gasteiger partial charge is 0.256 e. The number of carbonyl (C=O) groups is 2. The third-order valence-corrected chi connectivity index (χ3v) is 10.6. The number of rotatable bonds is 14. The predicted molar refractivity (Wildman–Crippen MR) is 193 cm³/mol. The van der Waals surface area contributed by atoms with E-state index in [4.69, 9.17) is 18.9 Å². The Kier molecular flexibility index (Phi) is 11.2. The first-order valence-corrected chi connectivity index (χ1v) is 18.4. The van der Waals surface area contributed by atoms with Gasteiger partial charge in [-0.15, -0.1) is 0 Å². The Hall–Kier alpha value is -4.30. The summed E-state index contributed by atoms with van der Waals surface area (Å²) in [7, 11) is 3.09. The van der Waals surface area contributed by atoms with Gasteiger partial charge in [-0.2, -0.15) is 0 Å². The fourth-order valence-electron chi connectivity index (χ4n) is 7.69. The Balaban J connectivity index is 0.791. The minimum atomic E-state index is -1.03. The highest BCUT2D eigenvalue weighted by molar-refractivity contribution is 6.04. The van der Waals surface area contributed by atoms with Crippen molar-refractivity contribution in [1.29, 1.82) is 0 Å². The maximum absolute atomic E-state index is 13.9. The molecule has 5 heterocycles. The number of halogens is 2. The highest BCUT2D eigenvalue weighted by Crippen LogP contribution is 2.40. The average molecular weight is 723 g/mol. The van der Waals surface area contributed by atoms with E-state index in [-0.39, 0.29) is 49.8 Å². The molecular weight excluding hydrogens is 674 g/mol. The summed E-state index contributed by atoms with van der Waals surface area (Å²) in [4.78, 5) is 43.3. The third-order valence-electron chi connectivity index (χ3n) is 10.6. The van der Waals surface area contributed by atoms with Gasteiger partial charge < -0.3 is 38.5 Å². The van der Waals surface area contributed by atoms with E-state index in [0.717, 1.165) is 65.0 Å². The predicted octanol–water partition coefficient (Wildman–Crippen LogP) is 4.88. The Morgan fingerprint density at radius 3 is 1.46 bits per heavy atom. The number of fused-ring (bicyclic) bond motifs is 4. The van der Waals surface area contributed by atoms with Crippen molar-refractivity contribution in [3.05, 3.63) is 35.4 Å². The van der Waals surface area contributed by atoms with Gasteiger partial charge in [-0.1, -0.05) is 0 Å². The molecule has 12 nitrogen and oxygen atoms in total. The zero-order valence-corrected chi connectivity index (χ0v) is 30.0. The van der Waals surface area contributed by atoms with Crippen molar-refractivity contribution in [2.75, 3.05) is 79.8 Å². The van der Waals surface area contributed by atoms with Crippen LogP contribution in [0.2, 0.25) is 0 Å². The van der Waals surface area contributed by atoms with E-state index in [1.807, 2.05) is 0 Å². The summed E-state index contributed by atoms with van der Waals surface area (Å²) in [6.45, 7) is 7.34. The second-order valence-corrected chi connectivity index (χ2v) is 14.1. The first kappa shape index (κ1) is 36.1. The molecule has 280 valence electrons. The number of hydrogen-bond acceptors (Lipinski definition) is 10. The van der Waals surface area contributed by atoms with Crippen LogP contribution in [0.25, 0.3) is 0 Å². The van der Waals surface area contributed by atoms with E-state index < -0.39 is 12.3 Å². The van der Waals surface area contributed by atoms with Gasteiger partial charge in [0.15, 0.2) is 23.0 Å². The second kappa shape index (κ2) is 16.2. The fourth-order valence-corrected chi connectivity index (χ4v) is 7.69. The van der Waals surface area contributed by atoms with Crippen molar-refractivity contribution < 1.29 is 37.3 Å². The van der Waals surface area contributed by atoms with Gasteiger partial charge in [0.25, 0.3) is 11.8 Å². The number of aliphatic imine (C=N–C) groups is 2. The number of nitrogens with zero attached hydrogens (tertiary/aromatic N) is 6. The molecule has 5 aliphatic heterocycles. The number of benzene rings is 2. The molecule has 0 spiro atoms. The summed E-state index contributed by atoms with van der Waals surface area (Å²) in [6.07, 6.45) is 5.59. The fraction of sp³-hybridized carbons (Fsp3) is 0.579. The topological polar surface area (TPSA) is 109 Å². The van der Waals surface area contributed by atoms with Crippen LogP contribution < -0.4 is 18.9 Å². The maximum atomic E-state index is 13.9. The molecule has 3 fully saturated rings. The molecule has 0 aromatic heterocycles. The number of hydrogen-bond donors (Lipinski definition) is 0. The van der Waals surface area contributed by atoms with Crippen LogP contribution in [0.4, 0.5) is 20.2 Å². The summed E-state index contributed by atoms with van der Waals surface area (Å²) in [5.41, 5.74) is 1.86. The Labute approximate surface area is 303 Å². The van der Waals surface area contributed by atoms with Gasteiger partial charge in [0.2, 0.25) is 0 Å². The first-order chi connectivity index (χ1) is 25.3. The van der Waals surface area contributed by atoms with E-state index in [1.165, 1.54) is 0 Å². The average Bonchev–Trinajstić information content (AvgIpc) is 3.66. The molecule has 2 aromatic carbocycles. The lowest BCUT2D eigenvalue weighted by molar-refractivity contribution is 0.0758. The van der Waals surface area contributed by atoms with Gasteiger partial charge in [0, 0.05) is 63.6 Å². The standard InChI is InChI=1S/C38H48F2N6O6/c1-49-33-17-29-31(41-21-27-15-25(39)23-45(27)37(29)47)19-35(33)51-13-5-3-7-43-9-11-44(12-10-43)8-4-6-14-52-36-20-32-30(18-34(36)50-2)38(48)46-24-26(40)16-28(46)22-42-32/h17-22,25-28H,3-16,23-24H2,1-2H3/t25?,26?,27-,28-/m0/s1. The summed E-state index contributed by atoms with van der Waals surface area (Å²) >= 11 is 0. The van der Waals surface area contributed by atoms with Crippen molar-refractivity contribution in [2.24, 2.45) is 9.98 Å². The Morgan fingerprint density at radius 1 is 0.635 bits per heavy atom. The van der Waals surface area contributed by atoms with Gasteiger partial charge in [-0.05, 0) is 50.9 Å². The van der Waals surface area contributed by atoms with E-state index in [0.29, 0.717) is 58.7 Å². The van der Waals surface area contributed by atoms with Crippen LogP contribution in [0.15, 0.2) is 34.3 Å². The number of methoxy groups -OCH3 is 2. The van der Waals surface area contributed by atoms with Crippen LogP contribution >= 0.6 is 0 Å². The molecule has 0 bridgehead atoms. The lowest BCUT2D eigenvalue weighted by atomic mass is 10.1. The van der Waals surface area contributed by atoms with Crippen LogP contribution in [-0.4, -0.2) is 148 Å². The van der Waals surface area contributed by atoms with E-state index in [2.05, 4.69) is 19.8 Å². The maximum Gasteiger partial charge on any atom is 0.256 e. The molecule has 3 saturated heterocycles. The molecule has 5 aliphatic rings. The molecular formula is C38H48F2N6O6. The van der Waals surface area contributed by atoms with E-state index in [9.17, 15) is 18.4 Å². The monoisotopic (exact) mass is 722 g/mol. The van der Waals surface area contributed by atoms with E-state index in [1.54, 1.807) is 60.7 Å². The van der Waals surface area contributed by atoms with Gasteiger partial charge in [0.05, 0.1) is 75.1 Å².